The van der Waals surface area contributed by atoms with Crippen molar-refractivity contribution in [1.29, 1.82) is 0 Å². The topological polar surface area (TPSA) is 66.5 Å². The summed E-state index contributed by atoms with van der Waals surface area (Å²) in [6, 6.07) is 6.92. The van der Waals surface area contributed by atoms with E-state index in [4.69, 9.17) is 0 Å². The van der Waals surface area contributed by atoms with Gasteiger partial charge in [-0.25, -0.2) is 8.42 Å². The molecule has 5 nitrogen and oxygen atoms in total. The van der Waals surface area contributed by atoms with Gasteiger partial charge in [-0.3, -0.25) is 4.79 Å². The predicted octanol–water partition coefficient (Wildman–Crippen LogP) is 2.14. The van der Waals surface area contributed by atoms with Crippen LogP contribution in [0.2, 0.25) is 0 Å². The molecule has 6 heteroatoms. The van der Waals surface area contributed by atoms with Crippen molar-refractivity contribution in [3.63, 3.8) is 0 Å². The Bertz CT molecular complexity index is 613. The Morgan fingerprint density at radius 3 is 2.86 bits per heavy atom. The second kappa shape index (κ2) is 6.58. The molecule has 116 valence electrons. The molecule has 1 aromatic carbocycles. The summed E-state index contributed by atoms with van der Waals surface area (Å²) in [5, 5.41) is 2.82. The van der Waals surface area contributed by atoms with Gasteiger partial charge < -0.3 is 5.32 Å². The van der Waals surface area contributed by atoms with Gasteiger partial charge in [-0.15, -0.1) is 0 Å². The van der Waals surface area contributed by atoms with E-state index in [-0.39, 0.29) is 11.7 Å². The van der Waals surface area contributed by atoms with E-state index in [0.717, 1.165) is 12.0 Å². The third-order valence-electron chi connectivity index (χ3n) is 3.61. The molecule has 0 spiro atoms. The third kappa shape index (κ3) is 3.83. The van der Waals surface area contributed by atoms with Crippen LogP contribution in [0.3, 0.4) is 0 Å². The molecule has 0 aromatic heterocycles. The molecule has 1 unspecified atom stereocenters. The van der Waals surface area contributed by atoms with E-state index >= 15 is 0 Å². The molecule has 1 aliphatic heterocycles. The molecule has 1 heterocycles. The summed E-state index contributed by atoms with van der Waals surface area (Å²) >= 11 is 0. The molecular formula is C15H22N2O3S. The summed E-state index contributed by atoms with van der Waals surface area (Å²) in [5.41, 5.74) is 1.76. The molecule has 1 N–H and O–H groups in total. The van der Waals surface area contributed by atoms with Gasteiger partial charge in [-0.05, 0) is 43.9 Å². The zero-order chi connectivity index (χ0) is 15.5. The highest BCUT2D eigenvalue weighted by Gasteiger charge is 2.37. The maximum atomic E-state index is 12.4. The van der Waals surface area contributed by atoms with Crippen molar-refractivity contribution >= 4 is 21.6 Å². The minimum Gasteiger partial charge on any atom is -0.325 e. The molecule has 1 aliphatic rings. The van der Waals surface area contributed by atoms with Crippen LogP contribution in [0.1, 0.15) is 31.7 Å². The summed E-state index contributed by atoms with van der Waals surface area (Å²) in [6.07, 6.45) is 1.88. The number of nitrogens with zero attached hydrogens (tertiary/aromatic N) is 1. The van der Waals surface area contributed by atoms with Crippen LogP contribution in [-0.4, -0.2) is 37.0 Å². The van der Waals surface area contributed by atoms with Crippen LogP contribution in [0.15, 0.2) is 24.3 Å². The minimum absolute atomic E-state index is 0.0984. The Morgan fingerprint density at radius 1 is 1.43 bits per heavy atom. The average Bonchev–Trinajstić information content (AvgIpc) is 2.88. The standard InChI is InChI=1S/C15H22N2O3S/c1-3-10-21(19,20)17-9-5-8-14(17)15(18)16-13-7-4-6-12(2)11-13/h4,6-7,11,14H,3,5,8-10H2,1-2H3,(H,16,18). The molecule has 1 atom stereocenters. The van der Waals surface area contributed by atoms with Crippen molar-refractivity contribution < 1.29 is 13.2 Å². The lowest BCUT2D eigenvalue weighted by Gasteiger charge is -2.23. The number of rotatable bonds is 5. The predicted molar refractivity (Wildman–Crippen MR) is 83.6 cm³/mol. The number of aryl methyl sites for hydroxylation is 1. The van der Waals surface area contributed by atoms with E-state index in [2.05, 4.69) is 5.32 Å². The maximum absolute atomic E-state index is 12.4. The van der Waals surface area contributed by atoms with E-state index in [1.807, 2.05) is 38.1 Å². The lowest BCUT2D eigenvalue weighted by molar-refractivity contribution is -0.119. The van der Waals surface area contributed by atoms with Crippen LogP contribution in [-0.2, 0) is 14.8 Å². The van der Waals surface area contributed by atoms with E-state index in [1.165, 1.54) is 4.31 Å². The van der Waals surface area contributed by atoms with Crippen molar-refractivity contribution in [3.8, 4) is 0 Å². The number of hydrogen-bond donors (Lipinski definition) is 1. The molecule has 1 saturated heterocycles. The second-order valence-corrected chi connectivity index (χ2v) is 7.48. The SMILES string of the molecule is CCCS(=O)(=O)N1CCCC1C(=O)Nc1cccc(C)c1. The van der Waals surface area contributed by atoms with E-state index in [9.17, 15) is 13.2 Å². The molecule has 2 rings (SSSR count). The number of amides is 1. The molecule has 0 aliphatic carbocycles. The number of carbonyl (C=O) groups is 1. The van der Waals surface area contributed by atoms with Crippen molar-refractivity contribution in [2.24, 2.45) is 0 Å². The van der Waals surface area contributed by atoms with Gasteiger partial charge in [0.1, 0.15) is 6.04 Å². The molecule has 1 aromatic rings. The van der Waals surface area contributed by atoms with Gasteiger partial charge in [0.2, 0.25) is 15.9 Å². The van der Waals surface area contributed by atoms with Gasteiger partial charge in [0, 0.05) is 12.2 Å². The van der Waals surface area contributed by atoms with E-state index in [1.54, 1.807) is 0 Å². The fourth-order valence-electron chi connectivity index (χ4n) is 2.66. The number of carbonyl (C=O) groups excluding carboxylic acids is 1. The molecular weight excluding hydrogens is 288 g/mol. The lowest BCUT2D eigenvalue weighted by atomic mass is 10.2. The van der Waals surface area contributed by atoms with Crippen LogP contribution in [0.4, 0.5) is 5.69 Å². The minimum atomic E-state index is -3.33. The molecule has 0 bridgehead atoms. The average molecular weight is 310 g/mol. The number of nitrogens with one attached hydrogen (secondary N) is 1. The highest BCUT2D eigenvalue weighted by atomic mass is 32.2. The summed E-state index contributed by atoms with van der Waals surface area (Å²) in [7, 11) is -3.33. The zero-order valence-electron chi connectivity index (χ0n) is 12.5. The quantitative estimate of drug-likeness (QED) is 0.906. The Balaban J connectivity index is 2.11. The van der Waals surface area contributed by atoms with Crippen LogP contribution in [0.25, 0.3) is 0 Å². The van der Waals surface area contributed by atoms with Crippen molar-refractivity contribution in [1.82, 2.24) is 4.31 Å². The van der Waals surface area contributed by atoms with Crippen LogP contribution in [0.5, 0.6) is 0 Å². The van der Waals surface area contributed by atoms with Crippen molar-refractivity contribution in [2.45, 2.75) is 39.2 Å². The highest BCUT2D eigenvalue weighted by molar-refractivity contribution is 7.89. The van der Waals surface area contributed by atoms with Gasteiger partial charge >= 0.3 is 0 Å². The number of hydrogen-bond acceptors (Lipinski definition) is 3. The van der Waals surface area contributed by atoms with Crippen LogP contribution in [0, 0.1) is 6.92 Å². The first kappa shape index (κ1) is 16.0. The van der Waals surface area contributed by atoms with Crippen LogP contribution >= 0.6 is 0 Å². The first-order chi connectivity index (χ1) is 9.94. The Hall–Kier alpha value is -1.40. The Labute approximate surface area is 126 Å². The monoisotopic (exact) mass is 310 g/mol. The van der Waals surface area contributed by atoms with E-state index in [0.29, 0.717) is 25.1 Å². The van der Waals surface area contributed by atoms with Gasteiger partial charge in [0.15, 0.2) is 0 Å². The highest BCUT2D eigenvalue weighted by Crippen LogP contribution is 2.23. The summed E-state index contributed by atoms with van der Waals surface area (Å²) in [4.78, 5) is 12.4. The normalized spacial score (nSPS) is 19.6. The van der Waals surface area contributed by atoms with Crippen molar-refractivity contribution in [2.75, 3.05) is 17.6 Å². The van der Waals surface area contributed by atoms with Gasteiger partial charge in [-0.2, -0.15) is 4.31 Å². The molecule has 1 amide bonds. The largest absolute Gasteiger partial charge is 0.325 e. The fraction of sp³-hybridized carbons (Fsp3) is 0.533. The smallest absolute Gasteiger partial charge is 0.242 e. The molecule has 21 heavy (non-hydrogen) atoms. The fourth-order valence-corrected chi connectivity index (χ4v) is 4.41. The Morgan fingerprint density at radius 2 is 2.19 bits per heavy atom. The molecule has 0 saturated carbocycles. The third-order valence-corrected chi connectivity index (χ3v) is 5.69. The van der Waals surface area contributed by atoms with Gasteiger partial charge in [0.25, 0.3) is 0 Å². The Kier molecular flexibility index (Phi) is 5.00. The zero-order valence-corrected chi connectivity index (χ0v) is 13.3. The van der Waals surface area contributed by atoms with Crippen LogP contribution < -0.4 is 5.32 Å². The first-order valence-corrected chi connectivity index (χ1v) is 8.92. The van der Waals surface area contributed by atoms with E-state index < -0.39 is 16.1 Å². The first-order valence-electron chi connectivity index (χ1n) is 7.31. The summed E-state index contributed by atoms with van der Waals surface area (Å²) in [5.74, 6) is -0.140. The number of sulfonamides is 1. The van der Waals surface area contributed by atoms with Gasteiger partial charge in [0.05, 0.1) is 5.75 Å². The number of benzene rings is 1. The van der Waals surface area contributed by atoms with Gasteiger partial charge in [-0.1, -0.05) is 19.1 Å². The van der Waals surface area contributed by atoms with Crippen molar-refractivity contribution in [3.05, 3.63) is 29.8 Å². The summed E-state index contributed by atoms with van der Waals surface area (Å²) < 4.78 is 25.8. The maximum Gasteiger partial charge on any atom is 0.242 e. The summed E-state index contributed by atoms with van der Waals surface area (Å²) in [6.45, 7) is 4.22. The molecule has 1 fully saturated rings. The second-order valence-electron chi connectivity index (χ2n) is 5.44. The number of anilines is 1. The lowest BCUT2D eigenvalue weighted by Crippen LogP contribution is -2.44. The molecule has 0 radical (unpaired) electrons.